The van der Waals surface area contributed by atoms with Crippen LogP contribution in [0.3, 0.4) is 0 Å². The van der Waals surface area contributed by atoms with E-state index < -0.39 is 5.97 Å². The molecule has 0 fully saturated rings. The van der Waals surface area contributed by atoms with Crippen LogP contribution in [0, 0.1) is 0 Å². The molecule has 0 aliphatic heterocycles. The molecular formula is C27H16O3. The molecule has 0 saturated heterocycles. The quantitative estimate of drug-likeness (QED) is 0.227. The molecule has 0 aliphatic carbocycles. The maximum absolute atomic E-state index is 12.9. The first kappa shape index (κ1) is 16.1. The molecule has 3 nitrogen and oxygen atoms in total. The van der Waals surface area contributed by atoms with E-state index in [-0.39, 0.29) is 13.2 Å². The van der Waals surface area contributed by atoms with Gasteiger partial charge in [-0.2, -0.15) is 0 Å². The van der Waals surface area contributed by atoms with Gasteiger partial charge in [0.25, 0.3) is 0 Å². The van der Waals surface area contributed by atoms with Crippen molar-refractivity contribution in [2.24, 2.45) is 0 Å². The van der Waals surface area contributed by atoms with Crippen LogP contribution >= 0.6 is 0 Å². The molecule has 0 saturated carbocycles. The van der Waals surface area contributed by atoms with Crippen molar-refractivity contribution in [3.05, 3.63) is 72.3 Å². The maximum Gasteiger partial charge on any atom is 0.338 e. The van der Waals surface area contributed by atoms with E-state index >= 15 is 0 Å². The lowest BCUT2D eigenvalue weighted by molar-refractivity contribution is 0.0436. The van der Waals surface area contributed by atoms with Gasteiger partial charge in [0.1, 0.15) is 6.61 Å². The van der Waals surface area contributed by atoms with Gasteiger partial charge in [0.15, 0.2) is 0 Å². The summed E-state index contributed by atoms with van der Waals surface area (Å²) in [6.07, 6.45) is 0. The van der Waals surface area contributed by atoms with E-state index in [1.54, 1.807) is 0 Å². The van der Waals surface area contributed by atoms with Gasteiger partial charge in [-0.25, -0.2) is 4.79 Å². The van der Waals surface area contributed by atoms with Crippen molar-refractivity contribution in [3.8, 4) is 0 Å². The van der Waals surface area contributed by atoms with Gasteiger partial charge in [-0.1, -0.05) is 60.7 Å². The summed E-state index contributed by atoms with van der Waals surface area (Å²) in [7, 11) is 0. The number of benzene rings is 7. The van der Waals surface area contributed by atoms with Crippen molar-refractivity contribution in [1.29, 1.82) is 0 Å². The molecule has 0 atom stereocenters. The Morgan fingerprint density at radius 2 is 1.07 bits per heavy atom. The third kappa shape index (κ3) is 1.81. The zero-order valence-electron chi connectivity index (χ0n) is 16.0. The number of esters is 1. The minimum absolute atomic E-state index is 0.00261. The number of hydrogen-bond donors (Lipinski definition) is 1. The second kappa shape index (κ2) is 5.47. The fourth-order valence-electron chi connectivity index (χ4n) is 5.37. The second-order valence-electron chi connectivity index (χ2n) is 8.02. The summed E-state index contributed by atoms with van der Waals surface area (Å²) in [4.78, 5) is 12.9. The predicted molar refractivity (Wildman–Crippen MR) is 122 cm³/mol. The standard InChI is InChI=1S/C27H16O3/c28-11-12-30-27(29)20-13-18-8-7-16-4-2-14-1-3-15-5-6-17-9-10-19(20)26-24(17)22(15)21(14)23(16)25(18)26/h1-10,13,28H,11-12H2. The molecule has 0 amide bonds. The lowest BCUT2D eigenvalue weighted by Gasteiger charge is -2.21. The fraction of sp³-hybridized carbons (Fsp3) is 0.0741. The Labute approximate surface area is 171 Å². The summed E-state index contributed by atoms with van der Waals surface area (Å²) in [5.41, 5.74) is 0.552. The van der Waals surface area contributed by atoms with Gasteiger partial charge < -0.3 is 9.84 Å². The van der Waals surface area contributed by atoms with Gasteiger partial charge in [-0.05, 0) is 70.7 Å². The highest BCUT2D eigenvalue weighted by molar-refractivity contribution is 6.45. The maximum atomic E-state index is 12.9. The Kier molecular flexibility index (Phi) is 2.94. The van der Waals surface area contributed by atoms with Crippen molar-refractivity contribution in [2.75, 3.05) is 13.2 Å². The molecule has 1 N–H and O–H groups in total. The van der Waals surface area contributed by atoms with Crippen LogP contribution in [0.5, 0.6) is 0 Å². The van der Waals surface area contributed by atoms with E-state index in [1.165, 1.54) is 48.5 Å². The highest BCUT2D eigenvalue weighted by Crippen LogP contribution is 2.48. The first-order valence-electron chi connectivity index (χ1n) is 10.1. The average Bonchev–Trinajstić information content (AvgIpc) is 2.80. The van der Waals surface area contributed by atoms with Crippen LogP contribution in [0.2, 0.25) is 0 Å². The second-order valence-corrected chi connectivity index (χ2v) is 8.02. The molecule has 3 heteroatoms. The van der Waals surface area contributed by atoms with E-state index in [0.29, 0.717) is 5.56 Å². The molecule has 0 bridgehead atoms. The summed E-state index contributed by atoms with van der Waals surface area (Å²) in [6, 6.07) is 23.4. The summed E-state index contributed by atoms with van der Waals surface area (Å²) in [6.45, 7) is -0.186. The Morgan fingerprint density at radius 3 is 1.60 bits per heavy atom. The van der Waals surface area contributed by atoms with E-state index in [1.807, 2.05) is 12.1 Å². The van der Waals surface area contributed by atoms with Gasteiger partial charge in [-0.15, -0.1) is 0 Å². The monoisotopic (exact) mass is 388 g/mol. The lowest BCUT2D eigenvalue weighted by atomic mass is 9.82. The minimum Gasteiger partial charge on any atom is -0.460 e. The van der Waals surface area contributed by atoms with Crippen molar-refractivity contribution in [3.63, 3.8) is 0 Å². The molecule has 0 aromatic heterocycles. The Morgan fingerprint density at radius 1 is 0.633 bits per heavy atom. The number of carbonyl (C=O) groups excluding carboxylic acids is 1. The smallest absolute Gasteiger partial charge is 0.338 e. The molecule has 7 rings (SSSR count). The third-order valence-electron chi connectivity index (χ3n) is 6.55. The van der Waals surface area contributed by atoms with Crippen LogP contribution in [-0.2, 0) is 4.74 Å². The summed E-state index contributed by atoms with van der Waals surface area (Å²) in [5, 5.41) is 23.3. The van der Waals surface area contributed by atoms with Crippen molar-refractivity contribution in [2.45, 2.75) is 0 Å². The topological polar surface area (TPSA) is 46.5 Å². The van der Waals surface area contributed by atoms with Crippen molar-refractivity contribution in [1.82, 2.24) is 0 Å². The lowest BCUT2D eigenvalue weighted by Crippen LogP contribution is -2.09. The molecule has 0 heterocycles. The van der Waals surface area contributed by atoms with Gasteiger partial charge in [0, 0.05) is 0 Å². The number of rotatable bonds is 3. The zero-order chi connectivity index (χ0) is 20.0. The van der Waals surface area contributed by atoms with Crippen LogP contribution < -0.4 is 0 Å². The Balaban J connectivity index is 1.82. The third-order valence-corrected chi connectivity index (χ3v) is 6.55. The molecule has 0 spiro atoms. The predicted octanol–water partition coefficient (Wildman–Crippen LogP) is 6.07. The number of hydrogen-bond acceptors (Lipinski definition) is 3. The molecule has 7 aromatic rings. The van der Waals surface area contributed by atoms with E-state index in [9.17, 15) is 4.79 Å². The Bertz CT molecular complexity index is 1690. The fourth-order valence-corrected chi connectivity index (χ4v) is 5.37. The van der Waals surface area contributed by atoms with Gasteiger partial charge >= 0.3 is 5.97 Å². The molecule has 30 heavy (non-hydrogen) atoms. The normalized spacial score (nSPS) is 12.6. The highest BCUT2D eigenvalue weighted by Gasteiger charge is 2.23. The number of aliphatic hydroxyl groups is 1. The molecule has 0 unspecified atom stereocenters. The minimum atomic E-state index is -0.394. The summed E-state index contributed by atoms with van der Waals surface area (Å²) >= 11 is 0. The van der Waals surface area contributed by atoms with Crippen LogP contribution in [0.1, 0.15) is 10.4 Å². The molecule has 0 radical (unpaired) electrons. The SMILES string of the molecule is O=C(OCCO)c1cc2ccc3ccc4ccc5ccc6ccc1c1c6c5c4c3c21. The summed E-state index contributed by atoms with van der Waals surface area (Å²) in [5.74, 6) is -0.394. The molecular weight excluding hydrogens is 372 g/mol. The number of carbonyl (C=O) groups is 1. The molecule has 0 aliphatic rings. The van der Waals surface area contributed by atoms with Crippen LogP contribution in [0.25, 0.3) is 64.6 Å². The number of aliphatic hydroxyl groups excluding tert-OH is 1. The van der Waals surface area contributed by atoms with Crippen LogP contribution in [-0.4, -0.2) is 24.3 Å². The van der Waals surface area contributed by atoms with Gasteiger partial charge in [0.05, 0.1) is 12.2 Å². The van der Waals surface area contributed by atoms with Gasteiger partial charge in [0.2, 0.25) is 0 Å². The largest absolute Gasteiger partial charge is 0.460 e. The molecule has 142 valence electrons. The number of ether oxygens (including phenoxy) is 1. The Hall–Kier alpha value is -3.69. The first-order valence-corrected chi connectivity index (χ1v) is 10.1. The average molecular weight is 388 g/mol. The van der Waals surface area contributed by atoms with Crippen molar-refractivity contribution < 1.29 is 14.6 Å². The van der Waals surface area contributed by atoms with Crippen LogP contribution in [0.15, 0.2) is 66.7 Å². The van der Waals surface area contributed by atoms with E-state index in [0.717, 1.165) is 16.2 Å². The van der Waals surface area contributed by atoms with Crippen molar-refractivity contribution >= 4 is 70.6 Å². The van der Waals surface area contributed by atoms with E-state index in [2.05, 4.69) is 54.6 Å². The zero-order valence-corrected chi connectivity index (χ0v) is 16.0. The highest BCUT2D eigenvalue weighted by atomic mass is 16.5. The van der Waals surface area contributed by atoms with E-state index in [4.69, 9.17) is 9.84 Å². The van der Waals surface area contributed by atoms with Gasteiger partial charge in [-0.3, -0.25) is 0 Å². The first-order chi connectivity index (χ1) is 14.8. The summed E-state index contributed by atoms with van der Waals surface area (Å²) < 4.78 is 5.30. The molecule has 7 aromatic carbocycles. The van der Waals surface area contributed by atoms with Crippen LogP contribution in [0.4, 0.5) is 0 Å².